The molecule has 0 spiro atoms. The van der Waals surface area contributed by atoms with Crippen LogP contribution in [0.4, 0.5) is 0 Å². The van der Waals surface area contributed by atoms with Crippen LogP contribution in [0.5, 0.6) is 0 Å². The summed E-state index contributed by atoms with van der Waals surface area (Å²) in [6.45, 7) is 11.4. The molecule has 0 bridgehead atoms. The van der Waals surface area contributed by atoms with Crippen molar-refractivity contribution in [1.29, 1.82) is 0 Å². The summed E-state index contributed by atoms with van der Waals surface area (Å²) in [6.07, 6.45) is 1.10. The van der Waals surface area contributed by atoms with E-state index in [1.165, 1.54) is 11.1 Å². The van der Waals surface area contributed by atoms with E-state index in [1.54, 1.807) is 0 Å². The Kier molecular flexibility index (Phi) is 5.04. The number of carbonyl (C=O) groups is 1. The van der Waals surface area contributed by atoms with Gasteiger partial charge < -0.3 is 4.90 Å². The molecule has 1 N–H and O–H groups in total. The van der Waals surface area contributed by atoms with Gasteiger partial charge in [-0.1, -0.05) is 58.4 Å². The molecule has 1 aliphatic rings. The van der Waals surface area contributed by atoms with Crippen LogP contribution in [0.3, 0.4) is 0 Å². The Morgan fingerprint density at radius 2 is 1.81 bits per heavy atom. The van der Waals surface area contributed by atoms with E-state index in [1.807, 2.05) is 4.90 Å². The lowest BCUT2D eigenvalue weighted by Gasteiger charge is -2.34. The SMILES string of the molecule is CCC(C)C(C)N1C(=O)CNC1c1ccc(C(C)C)cc1. The van der Waals surface area contributed by atoms with Gasteiger partial charge in [-0.05, 0) is 29.9 Å². The summed E-state index contributed by atoms with van der Waals surface area (Å²) in [7, 11) is 0. The first-order valence-electron chi connectivity index (χ1n) is 8.10. The zero-order valence-electron chi connectivity index (χ0n) is 13.9. The minimum absolute atomic E-state index is 0.0164. The smallest absolute Gasteiger partial charge is 0.238 e. The maximum atomic E-state index is 12.3. The molecule has 3 heteroatoms. The van der Waals surface area contributed by atoms with Crippen molar-refractivity contribution in [2.75, 3.05) is 6.54 Å². The predicted molar refractivity (Wildman–Crippen MR) is 87.0 cm³/mol. The molecule has 3 nitrogen and oxygen atoms in total. The average molecular weight is 288 g/mol. The Bertz CT molecular complexity index is 480. The molecule has 21 heavy (non-hydrogen) atoms. The third-order valence-corrected chi connectivity index (χ3v) is 4.84. The Morgan fingerprint density at radius 3 is 2.33 bits per heavy atom. The van der Waals surface area contributed by atoms with Crippen LogP contribution in [0, 0.1) is 5.92 Å². The van der Waals surface area contributed by atoms with Crippen LogP contribution in [0.25, 0.3) is 0 Å². The van der Waals surface area contributed by atoms with Crippen LogP contribution in [-0.2, 0) is 4.79 Å². The molecule has 1 heterocycles. The molecule has 1 fully saturated rings. The maximum absolute atomic E-state index is 12.3. The summed E-state index contributed by atoms with van der Waals surface area (Å²) in [5.41, 5.74) is 2.52. The van der Waals surface area contributed by atoms with E-state index in [4.69, 9.17) is 0 Å². The molecule has 1 aliphatic heterocycles. The molecule has 1 saturated heterocycles. The first kappa shape index (κ1) is 16.0. The van der Waals surface area contributed by atoms with Gasteiger partial charge in [0.05, 0.1) is 6.54 Å². The average Bonchev–Trinajstić information content (AvgIpc) is 2.87. The topological polar surface area (TPSA) is 32.3 Å². The summed E-state index contributed by atoms with van der Waals surface area (Å²) in [6, 6.07) is 8.92. The molecule has 3 unspecified atom stereocenters. The molecule has 0 aromatic heterocycles. The van der Waals surface area contributed by atoms with Gasteiger partial charge in [0, 0.05) is 6.04 Å². The molecule has 3 atom stereocenters. The second kappa shape index (κ2) is 6.61. The Labute approximate surface area is 128 Å². The van der Waals surface area contributed by atoms with Gasteiger partial charge >= 0.3 is 0 Å². The van der Waals surface area contributed by atoms with Gasteiger partial charge in [-0.3, -0.25) is 10.1 Å². The van der Waals surface area contributed by atoms with Gasteiger partial charge in [0.2, 0.25) is 5.91 Å². The van der Waals surface area contributed by atoms with Crippen LogP contribution < -0.4 is 5.32 Å². The molecule has 0 saturated carbocycles. The van der Waals surface area contributed by atoms with Crippen LogP contribution in [0.15, 0.2) is 24.3 Å². The van der Waals surface area contributed by atoms with Crippen molar-refractivity contribution < 1.29 is 4.79 Å². The highest BCUT2D eigenvalue weighted by Gasteiger charge is 2.36. The largest absolute Gasteiger partial charge is 0.319 e. The zero-order valence-corrected chi connectivity index (χ0v) is 13.9. The molecule has 1 aromatic rings. The van der Waals surface area contributed by atoms with Crippen LogP contribution in [0.2, 0.25) is 0 Å². The first-order chi connectivity index (χ1) is 9.95. The fraction of sp³-hybridized carbons (Fsp3) is 0.611. The van der Waals surface area contributed by atoms with Crippen molar-refractivity contribution in [3.05, 3.63) is 35.4 Å². The number of benzene rings is 1. The zero-order chi connectivity index (χ0) is 15.6. The number of amides is 1. The summed E-state index contributed by atoms with van der Waals surface area (Å²) in [5.74, 6) is 1.25. The van der Waals surface area contributed by atoms with Crippen molar-refractivity contribution >= 4 is 5.91 Å². The third-order valence-electron chi connectivity index (χ3n) is 4.84. The molecular weight excluding hydrogens is 260 g/mol. The van der Waals surface area contributed by atoms with E-state index in [2.05, 4.69) is 64.2 Å². The number of nitrogens with zero attached hydrogens (tertiary/aromatic N) is 1. The lowest BCUT2D eigenvalue weighted by molar-refractivity contribution is -0.131. The molecule has 116 valence electrons. The maximum Gasteiger partial charge on any atom is 0.238 e. The minimum atomic E-state index is 0.0164. The highest BCUT2D eigenvalue weighted by atomic mass is 16.2. The minimum Gasteiger partial charge on any atom is -0.319 e. The number of rotatable bonds is 5. The number of hydrogen-bond acceptors (Lipinski definition) is 2. The van der Waals surface area contributed by atoms with E-state index in [-0.39, 0.29) is 18.1 Å². The van der Waals surface area contributed by atoms with Crippen LogP contribution in [0.1, 0.15) is 64.3 Å². The van der Waals surface area contributed by atoms with Crippen molar-refractivity contribution in [1.82, 2.24) is 10.2 Å². The third kappa shape index (κ3) is 3.29. The van der Waals surface area contributed by atoms with E-state index in [0.29, 0.717) is 18.4 Å². The van der Waals surface area contributed by atoms with E-state index in [0.717, 1.165) is 6.42 Å². The summed E-state index contributed by atoms with van der Waals surface area (Å²) >= 11 is 0. The Hall–Kier alpha value is -1.35. The van der Waals surface area contributed by atoms with Crippen molar-refractivity contribution in [2.45, 2.75) is 59.2 Å². The summed E-state index contributed by atoms with van der Waals surface area (Å²) < 4.78 is 0. The van der Waals surface area contributed by atoms with Gasteiger partial charge in [-0.15, -0.1) is 0 Å². The van der Waals surface area contributed by atoms with E-state index in [9.17, 15) is 4.79 Å². The van der Waals surface area contributed by atoms with Crippen molar-refractivity contribution in [3.8, 4) is 0 Å². The van der Waals surface area contributed by atoms with Gasteiger partial charge in [-0.25, -0.2) is 0 Å². The molecule has 0 aliphatic carbocycles. The first-order valence-corrected chi connectivity index (χ1v) is 8.10. The summed E-state index contributed by atoms with van der Waals surface area (Å²) in [4.78, 5) is 14.3. The fourth-order valence-corrected chi connectivity index (χ4v) is 2.94. The van der Waals surface area contributed by atoms with E-state index >= 15 is 0 Å². The van der Waals surface area contributed by atoms with Crippen LogP contribution >= 0.6 is 0 Å². The van der Waals surface area contributed by atoms with Gasteiger partial charge in [0.1, 0.15) is 6.17 Å². The molecule has 2 rings (SSSR count). The molecule has 0 radical (unpaired) electrons. The van der Waals surface area contributed by atoms with E-state index < -0.39 is 0 Å². The lowest BCUT2D eigenvalue weighted by atomic mass is 9.97. The number of nitrogens with one attached hydrogen (secondary N) is 1. The van der Waals surface area contributed by atoms with Gasteiger partial charge in [0.15, 0.2) is 0 Å². The van der Waals surface area contributed by atoms with Crippen LogP contribution in [-0.4, -0.2) is 23.4 Å². The molecule has 1 amide bonds. The monoisotopic (exact) mass is 288 g/mol. The Balaban J connectivity index is 2.23. The summed E-state index contributed by atoms with van der Waals surface area (Å²) in [5, 5.41) is 3.36. The predicted octanol–water partition coefficient (Wildman–Crippen LogP) is 3.68. The fourth-order valence-electron chi connectivity index (χ4n) is 2.94. The Morgan fingerprint density at radius 1 is 1.19 bits per heavy atom. The number of hydrogen-bond donors (Lipinski definition) is 1. The lowest BCUT2D eigenvalue weighted by Crippen LogP contribution is -2.41. The highest BCUT2D eigenvalue weighted by Crippen LogP contribution is 2.29. The van der Waals surface area contributed by atoms with Gasteiger partial charge in [-0.2, -0.15) is 0 Å². The van der Waals surface area contributed by atoms with Gasteiger partial charge in [0.25, 0.3) is 0 Å². The quantitative estimate of drug-likeness (QED) is 0.896. The highest BCUT2D eigenvalue weighted by molar-refractivity contribution is 5.81. The normalized spacial score (nSPS) is 21.9. The molecular formula is C18H28N2O. The van der Waals surface area contributed by atoms with Crippen molar-refractivity contribution in [3.63, 3.8) is 0 Å². The second-order valence-corrected chi connectivity index (χ2v) is 6.53. The number of carbonyl (C=O) groups excluding carboxylic acids is 1. The standard InChI is InChI=1S/C18H28N2O/c1-6-13(4)14(5)20-17(21)11-19-18(20)16-9-7-15(8-10-16)12(2)3/h7-10,12-14,18-19H,6,11H2,1-5H3. The second-order valence-electron chi connectivity index (χ2n) is 6.53. The van der Waals surface area contributed by atoms with Crippen molar-refractivity contribution in [2.24, 2.45) is 5.92 Å². The molecule has 1 aromatic carbocycles.